The zero-order valence-corrected chi connectivity index (χ0v) is 14.4. The fourth-order valence-corrected chi connectivity index (χ4v) is 2.84. The maximum absolute atomic E-state index is 11.9. The van der Waals surface area contributed by atoms with Crippen molar-refractivity contribution in [2.45, 2.75) is 25.6 Å². The van der Waals surface area contributed by atoms with E-state index in [0.717, 1.165) is 16.7 Å². The maximum Gasteiger partial charge on any atom is 0.340 e. The van der Waals surface area contributed by atoms with Crippen molar-refractivity contribution in [3.8, 4) is 0 Å². The molecular weight excluding hydrogens is 330 g/mol. The molecular formula is C20H19N3O3. The van der Waals surface area contributed by atoms with Gasteiger partial charge in [-0.25, -0.2) is 4.79 Å². The molecule has 1 aliphatic heterocycles. The summed E-state index contributed by atoms with van der Waals surface area (Å²) in [5.74, 6) is -0.634. The quantitative estimate of drug-likeness (QED) is 0.183. The third-order valence-corrected chi connectivity index (χ3v) is 4.12. The molecule has 0 amide bonds. The Balaban J connectivity index is 1.79. The fraction of sp³-hybridized carbons (Fsp3) is 0.250. The molecule has 2 aromatic carbocycles. The van der Waals surface area contributed by atoms with Crippen LogP contribution in [0.2, 0.25) is 0 Å². The minimum Gasteiger partial charge on any atom is -0.462 e. The van der Waals surface area contributed by atoms with Crippen molar-refractivity contribution in [3.63, 3.8) is 0 Å². The van der Waals surface area contributed by atoms with Crippen LogP contribution in [0.4, 0.5) is 0 Å². The zero-order chi connectivity index (χ0) is 18.4. The molecule has 0 radical (unpaired) electrons. The Morgan fingerprint density at radius 1 is 1.23 bits per heavy atom. The number of benzene rings is 2. The summed E-state index contributed by atoms with van der Waals surface area (Å²) in [7, 11) is 0. The topological polar surface area (TPSA) is 87.6 Å². The smallest absolute Gasteiger partial charge is 0.340 e. The molecule has 26 heavy (non-hydrogen) atoms. The Hall–Kier alpha value is -3.08. The molecule has 6 heteroatoms. The van der Waals surface area contributed by atoms with E-state index in [0.29, 0.717) is 6.42 Å². The van der Waals surface area contributed by atoms with Crippen molar-refractivity contribution >= 4 is 12.0 Å². The summed E-state index contributed by atoms with van der Waals surface area (Å²) >= 11 is 0. The van der Waals surface area contributed by atoms with Gasteiger partial charge in [0.1, 0.15) is 11.8 Å². The molecule has 0 aromatic heterocycles. The summed E-state index contributed by atoms with van der Waals surface area (Å²) in [6.45, 7) is 1.92. The molecule has 1 saturated heterocycles. The van der Waals surface area contributed by atoms with Crippen LogP contribution in [0.25, 0.3) is 16.5 Å². The lowest BCUT2D eigenvalue weighted by Crippen LogP contribution is -2.06. The molecule has 1 heterocycles. The van der Waals surface area contributed by atoms with E-state index >= 15 is 0 Å². The zero-order valence-electron chi connectivity index (χ0n) is 14.4. The molecule has 0 saturated carbocycles. The lowest BCUT2D eigenvalue weighted by molar-refractivity contribution is -0.138. The average molecular weight is 349 g/mol. The SMILES string of the molecule is CCOC(=O)/C(=C/c1ccccc1CC1OC1c1ccccc1)N=[N+]=[N-]. The Bertz CT molecular complexity index is 858. The van der Waals surface area contributed by atoms with Gasteiger partial charge in [0.25, 0.3) is 0 Å². The van der Waals surface area contributed by atoms with Gasteiger partial charge in [-0.3, -0.25) is 0 Å². The number of ether oxygens (including phenoxy) is 2. The predicted octanol–water partition coefficient (Wildman–Crippen LogP) is 4.58. The van der Waals surface area contributed by atoms with Crippen LogP contribution < -0.4 is 0 Å². The Labute approximate surface area is 151 Å². The van der Waals surface area contributed by atoms with Crippen LogP contribution in [0.15, 0.2) is 65.4 Å². The number of carbonyl (C=O) groups is 1. The van der Waals surface area contributed by atoms with Crippen LogP contribution in [0.3, 0.4) is 0 Å². The van der Waals surface area contributed by atoms with Gasteiger partial charge in [-0.15, -0.1) is 0 Å². The molecule has 0 N–H and O–H groups in total. The number of hydrogen-bond acceptors (Lipinski definition) is 4. The number of carbonyl (C=O) groups excluding carboxylic acids is 1. The summed E-state index contributed by atoms with van der Waals surface area (Å²) in [6.07, 6.45) is 2.46. The van der Waals surface area contributed by atoms with Gasteiger partial charge in [-0.2, -0.15) is 0 Å². The highest BCUT2D eigenvalue weighted by Gasteiger charge is 2.40. The van der Waals surface area contributed by atoms with Crippen LogP contribution >= 0.6 is 0 Å². The number of esters is 1. The van der Waals surface area contributed by atoms with Crippen LogP contribution in [0.1, 0.15) is 29.7 Å². The molecule has 2 aromatic rings. The van der Waals surface area contributed by atoms with Crippen molar-refractivity contribution < 1.29 is 14.3 Å². The van der Waals surface area contributed by atoms with E-state index < -0.39 is 5.97 Å². The second-order valence-electron chi connectivity index (χ2n) is 5.85. The van der Waals surface area contributed by atoms with E-state index in [1.807, 2.05) is 42.5 Å². The fourth-order valence-electron chi connectivity index (χ4n) is 2.84. The largest absolute Gasteiger partial charge is 0.462 e. The highest BCUT2D eigenvalue weighted by atomic mass is 16.6. The molecule has 6 nitrogen and oxygen atoms in total. The number of hydrogen-bond donors (Lipinski definition) is 0. The van der Waals surface area contributed by atoms with Gasteiger partial charge in [0.2, 0.25) is 0 Å². The summed E-state index contributed by atoms with van der Waals surface area (Å²) in [5.41, 5.74) is 11.6. The van der Waals surface area contributed by atoms with E-state index in [2.05, 4.69) is 22.2 Å². The number of nitrogens with zero attached hydrogens (tertiary/aromatic N) is 3. The first-order chi connectivity index (χ1) is 12.7. The highest BCUT2D eigenvalue weighted by molar-refractivity contribution is 5.93. The van der Waals surface area contributed by atoms with Crippen LogP contribution in [0.5, 0.6) is 0 Å². The van der Waals surface area contributed by atoms with Gasteiger partial charge >= 0.3 is 5.97 Å². The second kappa shape index (κ2) is 8.34. The minimum atomic E-state index is -0.634. The maximum atomic E-state index is 11.9. The Kier molecular flexibility index (Phi) is 5.69. The normalized spacial score (nSPS) is 18.7. The minimum absolute atomic E-state index is 0.0573. The van der Waals surface area contributed by atoms with E-state index in [4.69, 9.17) is 15.0 Å². The molecule has 3 rings (SSSR count). The first-order valence-electron chi connectivity index (χ1n) is 8.45. The molecule has 0 aliphatic carbocycles. The molecule has 1 fully saturated rings. The van der Waals surface area contributed by atoms with Crippen LogP contribution in [-0.2, 0) is 20.7 Å². The predicted molar refractivity (Wildman–Crippen MR) is 98.0 cm³/mol. The van der Waals surface area contributed by atoms with E-state index in [9.17, 15) is 4.79 Å². The third kappa shape index (κ3) is 4.30. The average Bonchev–Trinajstić information content (AvgIpc) is 3.43. The van der Waals surface area contributed by atoms with Crippen LogP contribution in [0, 0.1) is 0 Å². The molecule has 1 aliphatic rings. The molecule has 0 spiro atoms. The lowest BCUT2D eigenvalue weighted by atomic mass is 9.99. The van der Waals surface area contributed by atoms with E-state index in [1.54, 1.807) is 13.0 Å². The van der Waals surface area contributed by atoms with Crippen molar-refractivity contribution in [2.24, 2.45) is 5.11 Å². The second-order valence-corrected chi connectivity index (χ2v) is 5.85. The van der Waals surface area contributed by atoms with Gasteiger partial charge < -0.3 is 9.47 Å². The van der Waals surface area contributed by atoms with E-state index in [-0.39, 0.29) is 24.5 Å². The van der Waals surface area contributed by atoms with Gasteiger partial charge in [0, 0.05) is 11.3 Å². The highest BCUT2D eigenvalue weighted by Crippen LogP contribution is 2.41. The number of azide groups is 1. The standard InChI is InChI=1S/C20H19N3O3/c1-2-25-20(24)17(22-23-21)12-15-10-6-7-11-16(15)13-18-19(26-18)14-8-4-3-5-9-14/h3-12,18-19H,2,13H2,1H3/b17-12-. The van der Waals surface area contributed by atoms with Crippen molar-refractivity contribution in [3.05, 3.63) is 87.4 Å². The third-order valence-electron chi connectivity index (χ3n) is 4.12. The molecule has 2 unspecified atom stereocenters. The Morgan fingerprint density at radius 2 is 1.96 bits per heavy atom. The Morgan fingerprint density at radius 3 is 2.69 bits per heavy atom. The van der Waals surface area contributed by atoms with Crippen LogP contribution in [-0.4, -0.2) is 18.7 Å². The summed E-state index contributed by atoms with van der Waals surface area (Å²) in [4.78, 5) is 14.7. The number of rotatable bonds is 7. The summed E-state index contributed by atoms with van der Waals surface area (Å²) in [6, 6.07) is 17.7. The molecule has 132 valence electrons. The lowest BCUT2D eigenvalue weighted by Gasteiger charge is -2.06. The van der Waals surface area contributed by atoms with Crippen molar-refractivity contribution in [1.29, 1.82) is 0 Å². The summed E-state index contributed by atoms with van der Waals surface area (Å²) in [5, 5.41) is 3.47. The van der Waals surface area contributed by atoms with Crippen molar-refractivity contribution in [1.82, 2.24) is 0 Å². The van der Waals surface area contributed by atoms with Crippen molar-refractivity contribution in [2.75, 3.05) is 6.61 Å². The summed E-state index contributed by atoms with van der Waals surface area (Å²) < 4.78 is 10.7. The molecule has 0 bridgehead atoms. The van der Waals surface area contributed by atoms with Gasteiger partial charge in [0.15, 0.2) is 0 Å². The monoisotopic (exact) mass is 349 g/mol. The van der Waals surface area contributed by atoms with Gasteiger partial charge in [-0.05, 0) is 35.2 Å². The first kappa shape index (κ1) is 17.7. The van der Waals surface area contributed by atoms with Gasteiger partial charge in [0.05, 0.1) is 12.7 Å². The number of epoxide rings is 1. The first-order valence-corrected chi connectivity index (χ1v) is 8.45. The molecule has 2 atom stereocenters. The van der Waals surface area contributed by atoms with Gasteiger partial charge in [-0.1, -0.05) is 59.7 Å². The van der Waals surface area contributed by atoms with E-state index in [1.165, 1.54) is 0 Å².